The van der Waals surface area contributed by atoms with Crippen LogP contribution in [-0.2, 0) is 12.4 Å². The molecule has 1 aromatic rings. The summed E-state index contributed by atoms with van der Waals surface area (Å²) in [5.74, 6) is 0. The van der Waals surface area contributed by atoms with Gasteiger partial charge >= 0.3 is 12.4 Å². The molecule has 0 spiro atoms. The highest BCUT2D eigenvalue weighted by Crippen LogP contribution is 2.38. The fourth-order valence-corrected chi connectivity index (χ4v) is 1.60. The maximum Gasteiger partial charge on any atom is 0.416 e. The van der Waals surface area contributed by atoms with Gasteiger partial charge in [0.1, 0.15) is 0 Å². The Morgan fingerprint density at radius 3 is 1.58 bits per heavy atom. The van der Waals surface area contributed by atoms with E-state index in [4.69, 9.17) is 5.73 Å². The third-order valence-corrected chi connectivity index (χ3v) is 3.22. The molecule has 0 fully saturated rings. The van der Waals surface area contributed by atoms with Crippen molar-refractivity contribution in [3.05, 3.63) is 34.9 Å². The third-order valence-electron chi connectivity index (χ3n) is 2.45. The molecule has 0 radical (unpaired) electrons. The molecule has 0 aromatic heterocycles. The maximum atomic E-state index is 12.6. The van der Waals surface area contributed by atoms with Crippen LogP contribution in [0.25, 0.3) is 0 Å². The second-order valence-corrected chi connectivity index (χ2v) is 4.70. The van der Waals surface area contributed by atoms with Crippen molar-refractivity contribution in [1.82, 2.24) is 0 Å². The van der Waals surface area contributed by atoms with E-state index in [1.165, 1.54) is 6.92 Å². The number of rotatable bonds is 2. The minimum atomic E-state index is -4.86. The summed E-state index contributed by atoms with van der Waals surface area (Å²) in [7, 11) is 0. The molecule has 2 atom stereocenters. The van der Waals surface area contributed by atoms with Crippen LogP contribution in [0.5, 0.6) is 0 Å². The summed E-state index contributed by atoms with van der Waals surface area (Å²) in [6.45, 7) is 1.45. The minimum Gasteiger partial charge on any atom is -0.327 e. The molecule has 0 saturated carbocycles. The van der Waals surface area contributed by atoms with Crippen molar-refractivity contribution in [2.45, 2.75) is 30.6 Å². The standard InChI is InChI=1S/C11H11F6NS/c1-5(18)9(19)6-2-7(10(12,13)14)4-8(3-6)11(15,16)17/h2-5,9,19H,18H2,1H3/t5-,9-/m0/s1. The Morgan fingerprint density at radius 2 is 1.32 bits per heavy atom. The maximum absolute atomic E-state index is 12.6. The van der Waals surface area contributed by atoms with Crippen LogP contribution in [0.2, 0.25) is 0 Å². The first-order chi connectivity index (χ1) is 8.43. The summed E-state index contributed by atoms with van der Waals surface area (Å²) in [5, 5.41) is -0.914. The highest BCUT2D eigenvalue weighted by Gasteiger charge is 2.37. The van der Waals surface area contributed by atoms with E-state index in [0.717, 1.165) is 0 Å². The zero-order chi connectivity index (χ0) is 15.0. The van der Waals surface area contributed by atoms with Crippen LogP contribution in [0.4, 0.5) is 26.3 Å². The van der Waals surface area contributed by atoms with Crippen molar-refractivity contribution in [3.8, 4) is 0 Å². The fraction of sp³-hybridized carbons (Fsp3) is 0.455. The molecule has 2 N–H and O–H groups in total. The number of alkyl halides is 6. The molecule has 0 saturated heterocycles. The second-order valence-electron chi connectivity index (χ2n) is 4.14. The fourth-order valence-electron chi connectivity index (χ4n) is 1.45. The van der Waals surface area contributed by atoms with Crippen molar-refractivity contribution in [2.75, 3.05) is 0 Å². The summed E-state index contributed by atoms with van der Waals surface area (Å²) < 4.78 is 75.5. The van der Waals surface area contributed by atoms with Gasteiger partial charge in [0, 0.05) is 11.3 Å². The smallest absolute Gasteiger partial charge is 0.327 e. The molecule has 0 amide bonds. The van der Waals surface area contributed by atoms with E-state index >= 15 is 0 Å². The number of thiol groups is 1. The number of nitrogens with two attached hydrogens (primary N) is 1. The molecule has 0 heterocycles. The molecule has 1 rings (SSSR count). The molecule has 1 nitrogen and oxygen atoms in total. The SMILES string of the molecule is C[C@H](N)[C@H](S)c1cc(C(F)(F)F)cc(C(F)(F)F)c1. The van der Waals surface area contributed by atoms with Gasteiger partial charge in [0.05, 0.1) is 11.1 Å². The van der Waals surface area contributed by atoms with E-state index in [1.54, 1.807) is 0 Å². The Morgan fingerprint density at radius 1 is 0.947 bits per heavy atom. The Hall–Kier alpha value is -0.890. The lowest BCUT2D eigenvalue weighted by Gasteiger charge is -2.19. The predicted octanol–water partition coefficient (Wildman–Crippen LogP) is 4.04. The van der Waals surface area contributed by atoms with Gasteiger partial charge < -0.3 is 5.73 Å². The van der Waals surface area contributed by atoms with Gasteiger partial charge in [-0.25, -0.2) is 0 Å². The Labute approximate surface area is 111 Å². The highest BCUT2D eigenvalue weighted by atomic mass is 32.1. The third kappa shape index (κ3) is 4.04. The van der Waals surface area contributed by atoms with Crippen molar-refractivity contribution >= 4 is 12.6 Å². The molecule has 0 aliphatic heterocycles. The van der Waals surface area contributed by atoms with Crippen LogP contribution < -0.4 is 5.73 Å². The second kappa shape index (κ2) is 5.24. The van der Waals surface area contributed by atoms with Crippen LogP contribution in [0, 0.1) is 0 Å². The molecule has 0 aliphatic rings. The number of hydrogen-bond acceptors (Lipinski definition) is 2. The molecule has 108 valence electrons. The van der Waals surface area contributed by atoms with Gasteiger partial charge in [-0.1, -0.05) is 0 Å². The average Bonchev–Trinajstić information content (AvgIpc) is 2.24. The monoisotopic (exact) mass is 303 g/mol. The van der Waals surface area contributed by atoms with E-state index in [-0.39, 0.29) is 11.6 Å². The zero-order valence-electron chi connectivity index (χ0n) is 9.68. The number of halogens is 6. The van der Waals surface area contributed by atoms with E-state index in [1.807, 2.05) is 0 Å². The Bertz CT molecular complexity index is 419. The van der Waals surface area contributed by atoms with Crippen molar-refractivity contribution in [3.63, 3.8) is 0 Å². The molecule has 8 heteroatoms. The molecular formula is C11H11F6NS. The average molecular weight is 303 g/mol. The molecule has 0 bridgehead atoms. The van der Waals surface area contributed by atoms with Crippen LogP contribution in [0.1, 0.15) is 28.9 Å². The lowest BCUT2D eigenvalue weighted by atomic mass is 10.00. The lowest BCUT2D eigenvalue weighted by Crippen LogP contribution is -2.22. The molecule has 0 unspecified atom stereocenters. The number of benzene rings is 1. The topological polar surface area (TPSA) is 26.0 Å². The minimum absolute atomic E-state index is 0.0746. The summed E-state index contributed by atoms with van der Waals surface area (Å²) in [4.78, 5) is 0. The van der Waals surface area contributed by atoms with Crippen molar-refractivity contribution in [2.24, 2.45) is 5.73 Å². The van der Waals surface area contributed by atoms with Crippen LogP contribution >= 0.6 is 12.6 Å². The van der Waals surface area contributed by atoms with Gasteiger partial charge in [-0.3, -0.25) is 0 Å². The van der Waals surface area contributed by atoms with E-state index in [9.17, 15) is 26.3 Å². The summed E-state index contributed by atoms with van der Waals surface area (Å²) in [6.07, 6.45) is -9.72. The van der Waals surface area contributed by atoms with E-state index < -0.39 is 34.8 Å². The lowest BCUT2D eigenvalue weighted by molar-refractivity contribution is -0.143. The molecular weight excluding hydrogens is 292 g/mol. The predicted molar refractivity (Wildman–Crippen MR) is 61.8 cm³/mol. The van der Waals surface area contributed by atoms with Gasteiger partial charge in [-0.05, 0) is 30.7 Å². The van der Waals surface area contributed by atoms with Crippen LogP contribution in [0.15, 0.2) is 18.2 Å². The van der Waals surface area contributed by atoms with E-state index in [2.05, 4.69) is 12.6 Å². The number of hydrogen-bond donors (Lipinski definition) is 2. The van der Waals surface area contributed by atoms with Crippen molar-refractivity contribution in [1.29, 1.82) is 0 Å². The van der Waals surface area contributed by atoms with Gasteiger partial charge in [0.2, 0.25) is 0 Å². The summed E-state index contributed by atoms with van der Waals surface area (Å²) >= 11 is 3.94. The van der Waals surface area contributed by atoms with Gasteiger partial charge in [0.15, 0.2) is 0 Å². The summed E-state index contributed by atoms with van der Waals surface area (Å²) in [6, 6.07) is 0.658. The Balaban J connectivity index is 3.41. The van der Waals surface area contributed by atoms with E-state index in [0.29, 0.717) is 12.1 Å². The quantitative estimate of drug-likeness (QED) is 0.626. The molecule has 1 aromatic carbocycles. The molecule has 19 heavy (non-hydrogen) atoms. The first kappa shape index (κ1) is 16.2. The summed E-state index contributed by atoms with van der Waals surface area (Å²) in [5.41, 5.74) is 2.51. The largest absolute Gasteiger partial charge is 0.416 e. The van der Waals surface area contributed by atoms with Gasteiger partial charge in [-0.15, -0.1) is 0 Å². The van der Waals surface area contributed by atoms with Gasteiger partial charge in [-0.2, -0.15) is 39.0 Å². The van der Waals surface area contributed by atoms with Crippen molar-refractivity contribution < 1.29 is 26.3 Å². The highest BCUT2D eigenvalue weighted by molar-refractivity contribution is 7.80. The normalized spacial score (nSPS) is 16.3. The first-order valence-electron chi connectivity index (χ1n) is 5.16. The first-order valence-corrected chi connectivity index (χ1v) is 5.67. The van der Waals surface area contributed by atoms with Crippen LogP contribution in [0.3, 0.4) is 0 Å². The van der Waals surface area contributed by atoms with Crippen LogP contribution in [-0.4, -0.2) is 6.04 Å². The zero-order valence-corrected chi connectivity index (χ0v) is 10.6. The van der Waals surface area contributed by atoms with Gasteiger partial charge in [0.25, 0.3) is 0 Å². The molecule has 0 aliphatic carbocycles. The Kier molecular flexibility index (Phi) is 4.46.